The molecule has 0 aliphatic heterocycles. The molecule has 0 aliphatic carbocycles. The van der Waals surface area contributed by atoms with Gasteiger partial charge in [-0.1, -0.05) is 91.0 Å². The average molecular weight is 665 g/mol. The highest BCUT2D eigenvalue weighted by atomic mass is 16.3. The molecule has 0 N–H and O–H groups in total. The molecule has 4 heterocycles. The van der Waals surface area contributed by atoms with Crippen LogP contribution >= 0.6 is 0 Å². The highest BCUT2D eigenvalue weighted by Crippen LogP contribution is 2.42. The predicted molar refractivity (Wildman–Crippen MR) is 215 cm³/mol. The summed E-state index contributed by atoms with van der Waals surface area (Å²) >= 11 is 0. The van der Waals surface area contributed by atoms with E-state index in [1.807, 2.05) is 18.2 Å². The van der Waals surface area contributed by atoms with E-state index in [0.29, 0.717) is 0 Å². The van der Waals surface area contributed by atoms with Crippen LogP contribution in [0.25, 0.3) is 110 Å². The SMILES string of the molecule is c1ccc(-n2c3ccccc3c3cc(-c4ccc5c(c4)c4ccccc4n5-c4cccc5oc6cc7oc8ccccc8c7cc6c45)ccc32)cc1. The van der Waals surface area contributed by atoms with Crippen LogP contribution in [0.5, 0.6) is 0 Å². The topological polar surface area (TPSA) is 36.1 Å². The van der Waals surface area contributed by atoms with E-state index in [2.05, 4.69) is 161 Å². The Bertz CT molecular complexity index is 3410. The summed E-state index contributed by atoms with van der Waals surface area (Å²) in [7, 11) is 0. The maximum Gasteiger partial charge on any atom is 0.139 e. The number of aromatic nitrogens is 2. The van der Waals surface area contributed by atoms with E-state index in [1.165, 1.54) is 49.4 Å². The summed E-state index contributed by atoms with van der Waals surface area (Å²) in [6.45, 7) is 0. The van der Waals surface area contributed by atoms with E-state index in [0.717, 1.165) is 60.6 Å². The molecule has 12 rings (SSSR count). The van der Waals surface area contributed by atoms with Crippen molar-refractivity contribution >= 4 is 87.5 Å². The van der Waals surface area contributed by atoms with Crippen molar-refractivity contribution in [1.82, 2.24) is 9.13 Å². The molecular formula is C48H28N2O2. The second kappa shape index (κ2) is 10.3. The lowest BCUT2D eigenvalue weighted by atomic mass is 10.0. The number of fused-ring (bicyclic) bond motifs is 12. The van der Waals surface area contributed by atoms with Crippen LogP contribution in [-0.4, -0.2) is 9.13 Å². The maximum absolute atomic E-state index is 6.52. The normalized spacial score (nSPS) is 12.2. The molecule has 0 bridgehead atoms. The molecule has 0 amide bonds. The summed E-state index contributed by atoms with van der Waals surface area (Å²) in [6.07, 6.45) is 0. The molecule has 0 saturated heterocycles. The van der Waals surface area contributed by atoms with Gasteiger partial charge in [-0.3, -0.25) is 0 Å². The van der Waals surface area contributed by atoms with Gasteiger partial charge < -0.3 is 18.0 Å². The lowest BCUT2D eigenvalue weighted by Crippen LogP contribution is -1.94. The molecule has 52 heavy (non-hydrogen) atoms. The third-order valence-electron chi connectivity index (χ3n) is 10.9. The Morgan fingerprint density at radius 3 is 1.62 bits per heavy atom. The number of hydrogen-bond donors (Lipinski definition) is 0. The summed E-state index contributed by atoms with van der Waals surface area (Å²) in [5, 5.41) is 9.31. The Balaban J connectivity index is 1.08. The van der Waals surface area contributed by atoms with Gasteiger partial charge in [0, 0.05) is 49.5 Å². The van der Waals surface area contributed by atoms with Crippen LogP contribution in [0.4, 0.5) is 0 Å². The van der Waals surface area contributed by atoms with Crippen molar-refractivity contribution in [1.29, 1.82) is 0 Å². The molecule has 0 saturated carbocycles. The van der Waals surface area contributed by atoms with Crippen molar-refractivity contribution in [3.05, 3.63) is 170 Å². The third kappa shape index (κ3) is 3.75. The molecule has 0 fully saturated rings. The number of rotatable bonds is 3. The minimum Gasteiger partial charge on any atom is -0.456 e. The number of nitrogens with zero attached hydrogens (tertiary/aromatic N) is 2. The Morgan fingerprint density at radius 2 is 0.865 bits per heavy atom. The van der Waals surface area contributed by atoms with Crippen LogP contribution in [0.1, 0.15) is 0 Å². The fourth-order valence-corrected chi connectivity index (χ4v) is 8.63. The summed E-state index contributed by atoms with van der Waals surface area (Å²) in [6, 6.07) is 60.7. The predicted octanol–water partition coefficient (Wildman–Crippen LogP) is 13.3. The van der Waals surface area contributed by atoms with Crippen molar-refractivity contribution in [2.24, 2.45) is 0 Å². The molecule has 0 radical (unpaired) electrons. The van der Waals surface area contributed by atoms with Crippen LogP contribution in [0.3, 0.4) is 0 Å². The Labute approximate surface area is 296 Å². The molecule has 0 aliphatic rings. The maximum atomic E-state index is 6.52. The molecule has 0 spiro atoms. The average Bonchev–Trinajstić information content (AvgIpc) is 3.94. The summed E-state index contributed by atoms with van der Waals surface area (Å²) in [4.78, 5) is 0. The van der Waals surface area contributed by atoms with Crippen molar-refractivity contribution < 1.29 is 8.83 Å². The minimum atomic E-state index is 0.820. The fourth-order valence-electron chi connectivity index (χ4n) is 8.63. The quantitative estimate of drug-likeness (QED) is 0.188. The highest BCUT2D eigenvalue weighted by Gasteiger charge is 2.20. The largest absolute Gasteiger partial charge is 0.456 e. The zero-order valence-corrected chi connectivity index (χ0v) is 27.9. The van der Waals surface area contributed by atoms with Crippen molar-refractivity contribution in [3.63, 3.8) is 0 Å². The lowest BCUT2D eigenvalue weighted by molar-refractivity contribution is 0.656. The molecule has 4 nitrogen and oxygen atoms in total. The molecule has 242 valence electrons. The first-order chi connectivity index (χ1) is 25.8. The van der Waals surface area contributed by atoms with Gasteiger partial charge in [0.2, 0.25) is 0 Å². The number of furan rings is 2. The van der Waals surface area contributed by atoms with Crippen molar-refractivity contribution in [3.8, 4) is 22.5 Å². The summed E-state index contributed by atoms with van der Waals surface area (Å²) < 4.78 is 17.5. The van der Waals surface area contributed by atoms with Crippen LogP contribution in [0.15, 0.2) is 179 Å². The van der Waals surface area contributed by atoms with Gasteiger partial charge in [-0.15, -0.1) is 0 Å². The van der Waals surface area contributed by atoms with E-state index in [1.54, 1.807) is 0 Å². The van der Waals surface area contributed by atoms with Gasteiger partial charge in [0.25, 0.3) is 0 Å². The van der Waals surface area contributed by atoms with Gasteiger partial charge in [0.1, 0.15) is 22.3 Å². The first-order valence-electron chi connectivity index (χ1n) is 17.7. The van der Waals surface area contributed by atoms with Gasteiger partial charge in [-0.25, -0.2) is 0 Å². The standard InChI is InChI=1S/C48H28N2O2/c1-2-11-31(12-3-1)49-39-16-7-4-13-32(39)35-25-29(21-23-41(35)49)30-22-24-42-36(26-30)33-14-5-8-17-40(33)50(42)43-18-10-20-45-48(43)38-27-37-34-15-6-9-19-44(34)51-46(37)28-47(38)52-45/h1-28H. The van der Waals surface area contributed by atoms with Gasteiger partial charge in [-0.05, 0) is 83.9 Å². The first kappa shape index (κ1) is 27.7. The van der Waals surface area contributed by atoms with Gasteiger partial charge in [-0.2, -0.15) is 0 Å². The van der Waals surface area contributed by atoms with Gasteiger partial charge in [0.05, 0.1) is 33.1 Å². The van der Waals surface area contributed by atoms with Crippen LogP contribution < -0.4 is 0 Å². The van der Waals surface area contributed by atoms with Crippen LogP contribution in [-0.2, 0) is 0 Å². The third-order valence-corrected chi connectivity index (χ3v) is 10.9. The number of para-hydroxylation sites is 4. The van der Waals surface area contributed by atoms with E-state index >= 15 is 0 Å². The van der Waals surface area contributed by atoms with Crippen LogP contribution in [0.2, 0.25) is 0 Å². The zero-order chi connectivity index (χ0) is 33.9. The van der Waals surface area contributed by atoms with E-state index in [9.17, 15) is 0 Å². The monoisotopic (exact) mass is 664 g/mol. The summed E-state index contributed by atoms with van der Waals surface area (Å²) in [5.41, 5.74) is 12.8. The second-order valence-electron chi connectivity index (χ2n) is 13.7. The Morgan fingerprint density at radius 1 is 0.308 bits per heavy atom. The van der Waals surface area contributed by atoms with E-state index in [-0.39, 0.29) is 0 Å². The van der Waals surface area contributed by atoms with E-state index < -0.39 is 0 Å². The molecule has 8 aromatic carbocycles. The van der Waals surface area contributed by atoms with Crippen LogP contribution in [0, 0.1) is 0 Å². The van der Waals surface area contributed by atoms with Gasteiger partial charge in [0.15, 0.2) is 0 Å². The minimum absolute atomic E-state index is 0.820. The Hall–Kier alpha value is -7.04. The first-order valence-corrected chi connectivity index (χ1v) is 17.7. The smallest absolute Gasteiger partial charge is 0.139 e. The number of hydrogen-bond acceptors (Lipinski definition) is 2. The highest BCUT2D eigenvalue weighted by molar-refractivity contribution is 6.19. The van der Waals surface area contributed by atoms with Gasteiger partial charge >= 0.3 is 0 Å². The van der Waals surface area contributed by atoms with Crippen molar-refractivity contribution in [2.75, 3.05) is 0 Å². The molecule has 12 aromatic rings. The summed E-state index contributed by atoms with van der Waals surface area (Å²) in [5.74, 6) is 0. The molecule has 0 atom stereocenters. The molecule has 4 heteroatoms. The van der Waals surface area contributed by atoms with E-state index in [4.69, 9.17) is 8.83 Å². The zero-order valence-electron chi connectivity index (χ0n) is 27.9. The van der Waals surface area contributed by atoms with Crippen molar-refractivity contribution in [2.45, 2.75) is 0 Å². The lowest BCUT2D eigenvalue weighted by Gasteiger charge is -2.10. The molecule has 4 aromatic heterocycles. The Kier molecular flexibility index (Phi) is 5.47. The number of benzene rings is 8. The fraction of sp³-hybridized carbons (Fsp3) is 0. The second-order valence-corrected chi connectivity index (χ2v) is 13.7. The molecular weight excluding hydrogens is 637 g/mol. The molecule has 0 unspecified atom stereocenters.